The van der Waals surface area contributed by atoms with E-state index in [0.717, 1.165) is 0 Å². The fourth-order valence-electron chi connectivity index (χ4n) is 1.20. The molecule has 0 aromatic heterocycles. The number of carbonyl (C=O) groups excluding carboxylic acids is 1. The lowest BCUT2D eigenvalue weighted by Gasteiger charge is -2.06. The van der Waals surface area contributed by atoms with Gasteiger partial charge >= 0.3 is 0 Å². The maximum absolute atomic E-state index is 11.1. The Morgan fingerprint density at radius 1 is 1.46 bits per heavy atom. The van der Waals surface area contributed by atoms with Crippen molar-refractivity contribution in [1.29, 1.82) is 0 Å². The number of benzene rings is 1. The van der Waals surface area contributed by atoms with Crippen LogP contribution in [0.2, 0.25) is 0 Å². The first-order valence-electron chi connectivity index (χ1n) is 4.01. The molecule has 1 aromatic carbocycles. The predicted octanol–water partition coefficient (Wildman–Crippen LogP) is 1.11. The minimum atomic E-state index is -0.0653. The average molecular weight is 179 g/mol. The van der Waals surface area contributed by atoms with Gasteiger partial charge in [0.25, 0.3) is 0 Å². The van der Waals surface area contributed by atoms with Crippen molar-refractivity contribution in [2.45, 2.75) is 6.42 Å². The van der Waals surface area contributed by atoms with Crippen LogP contribution in [-0.4, -0.2) is 17.6 Å². The van der Waals surface area contributed by atoms with Crippen molar-refractivity contribution in [1.82, 2.24) is 0 Å². The monoisotopic (exact) mass is 179 g/mol. The summed E-state index contributed by atoms with van der Waals surface area (Å²) < 4.78 is 5.26. The molecular weight excluding hydrogens is 170 g/mol. The van der Waals surface area contributed by atoms with Crippen LogP contribution in [0.25, 0.3) is 0 Å². The Morgan fingerprint density at radius 2 is 2.31 bits per heavy atom. The van der Waals surface area contributed by atoms with Crippen molar-refractivity contribution in [2.75, 3.05) is 11.9 Å². The van der Waals surface area contributed by atoms with Gasteiger partial charge in [0, 0.05) is 6.07 Å². The van der Waals surface area contributed by atoms with Crippen molar-refractivity contribution < 1.29 is 14.6 Å². The number of aromatic hydroxyl groups is 1. The number of amides is 1. The minimum Gasteiger partial charge on any atom is -0.508 e. The first kappa shape index (κ1) is 7.91. The molecule has 0 unspecified atom stereocenters. The van der Waals surface area contributed by atoms with Crippen molar-refractivity contribution in [2.24, 2.45) is 0 Å². The minimum absolute atomic E-state index is 0.0653. The summed E-state index contributed by atoms with van der Waals surface area (Å²) in [7, 11) is 0. The molecule has 0 spiro atoms. The third-order valence-corrected chi connectivity index (χ3v) is 1.83. The van der Waals surface area contributed by atoms with Gasteiger partial charge in [-0.3, -0.25) is 4.79 Å². The molecule has 0 saturated carbocycles. The van der Waals surface area contributed by atoms with E-state index in [2.05, 4.69) is 5.32 Å². The largest absolute Gasteiger partial charge is 0.508 e. The van der Waals surface area contributed by atoms with Crippen LogP contribution in [0.1, 0.15) is 6.42 Å². The second-order valence-electron chi connectivity index (χ2n) is 2.83. The molecule has 0 fully saturated rings. The third kappa shape index (κ3) is 1.56. The Kier molecular flexibility index (Phi) is 1.81. The van der Waals surface area contributed by atoms with E-state index in [1.807, 2.05) is 0 Å². The molecule has 4 nitrogen and oxygen atoms in total. The highest BCUT2D eigenvalue weighted by atomic mass is 16.5. The third-order valence-electron chi connectivity index (χ3n) is 1.83. The normalized spacial score (nSPS) is 15.2. The molecule has 68 valence electrons. The molecular formula is C9H9NO3. The molecule has 0 saturated heterocycles. The fourth-order valence-corrected chi connectivity index (χ4v) is 1.20. The summed E-state index contributed by atoms with van der Waals surface area (Å²) in [4.78, 5) is 11.1. The molecule has 13 heavy (non-hydrogen) atoms. The van der Waals surface area contributed by atoms with Crippen LogP contribution in [-0.2, 0) is 4.79 Å². The summed E-state index contributed by atoms with van der Waals surface area (Å²) in [5, 5.41) is 11.8. The van der Waals surface area contributed by atoms with Crippen LogP contribution < -0.4 is 10.1 Å². The molecule has 0 bridgehead atoms. The lowest BCUT2D eigenvalue weighted by molar-refractivity contribution is -0.116. The molecule has 0 atom stereocenters. The Bertz CT molecular complexity index is 349. The Hall–Kier alpha value is -1.71. The van der Waals surface area contributed by atoms with Crippen molar-refractivity contribution in [3.05, 3.63) is 18.2 Å². The van der Waals surface area contributed by atoms with E-state index in [9.17, 15) is 4.79 Å². The molecule has 1 heterocycles. The number of rotatable bonds is 0. The van der Waals surface area contributed by atoms with Crippen molar-refractivity contribution in [3.8, 4) is 11.5 Å². The lowest BCUT2D eigenvalue weighted by Crippen LogP contribution is -2.10. The second-order valence-corrected chi connectivity index (χ2v) is 2.83. The number of nitrogens with one attached hydrogen (secondary N) is 1. The molecule has 4 heteroatoms. The summed E-state index contributed by atoms with van der Waals surface area (Å²) in [6.07, 6.45) is 0.343. The summed E-state index contributed by atoms with van der Waals surface area (Å²) >= 11 is 0. The highest BCUT2D eigenvalue weighted by molar-refractivity contribution is 5.93. The van der Waals surface area contributed by atoms with Gasteiger partial charge in [-0.1, -0.05) is 0 Å². The number of anilines is 1. The number of hydrogen-bond acceptors (Lipinski definition) is 3. The summed E-state index contributed by atoms with van der Waals surface area (Å²) in [5.74, 6) is 0.588. The summed E-state index contributed by atoms with van der Waals surface area (Å²) in [5.41, 5.74) is 0.611. The molecule has 1 aromatic rings. The van der Waals surface area contributed by atoms with Crippen LogP contribution in [0.4, 0.5) is 5.69 Å². The second kappa shape index (κ2) is 2.97. The van der Waals surface area contributed by atoms with E-state index in [4.69, 9.17) is 9.84 Å². The molecule has 1 aliphatic heterocycles. The maximum atomic E-state index is 11.1. The Labute approximate surface area is 75.1 Å². The number of phenolic OH excluding ortho intramolecular Hbond substituents is 1. The van der Waals surface area contributed by atoms with Crippen LogP contribution in [0, 0.1) is 0 Å². The topological polar surface area (TPSA) is 58.6 Å². The number of hydrogen-bond donors (Lipinski definition) is 2. The van der Waals surface area contributed by atoms with Crippen molar-refractivity contribution in [3.63, 3.8) is 0 Å². The quantitative estimate of drug-likeness (QED) is 0.586. The van der Waals surface area contributed by atoms with Gasteiger partial charge in [0.05, 0.1) is 18.7 Å². The molecule has 1 aliphatic rings. The Balaban J connectivity index is 2.40. The number of phenols is 1. The zero-order chi connectivity index (χ0) is 9.26. The maximum Gasteiger partial charge on any atom is 0.227 e. The molecule has 1 amide bonds. The van der Waals surface area contributed by atoms with E-state index < -0.39 is 0 Å². The Morgan fingerprint density at radius 3 is 3.15 bits per heavy atom. The predicted molar refractivity (Wildman–Crippen MR) is 46.8 cm³/mol. The highest BCUT2D eigenvalue weighted by Gasteiger charge is 2.13. The van der Waals surface area contributed by atoms with Gasteiger partial charge in [-0.25, -0.2) is 0 Å². The van der Waals surface area contributed by atoms with E-state index in [1.54, 1.807) is 6.07 Å². The zero-order valence-corrected chi connectivity index (χ0v) is 6.91. The lowest BCUT2D eigenvalue weighted by atomic mass is 10.3. The van der Waals surface area contributed by atoms with Gasteiger partial charge in [0.2, 0.25) is 5.91 Å². The van der Waals surface area contributed by atoms with Crippen LogP contribution >= 0.6 is 0 Å². The van der Waals surface area contributed by atoms with Gasteiger partial charge < -0.3 is 15.2 Å². The number of carbonyl (C=O) groups is 1. The van der Waals surface area contributed by atoms with E-state index in [-0.39, 0.29) is 11.7 Å². The zero-order valence-electron chi connectivity index (χ0n) is 6.91. The fraction of sp³-hybridized carbons (Fsp3) is 0.222. The first-order valence-corrected chi connectivity index (χ1v) is 4.01. The molecule has 2 N–H and O–H groups in total. The van der Waals surface area contributed by atoms with Crippen LogP contribution in [0.15, 0.2) is 18.2 Å². The average Bonchev–Trinajstić information content (AvgIpc) is 2.25. The van der Waals surface area contributed by atoms with Gasteiger partial charge in [0.15, 0.2) is 0 Å². The molecule has 0 aliphatic carbocycles. The summed E-state index contributed by atoms with van der Waals surface area (Å²) in [6, 6.07) is 4.61. The van der Waals surface area contributed by atoms with Crippen molar-refractivity contribution >= 4 is 11.6 Å². The standard InChI is InChI=1S/C9H9NO3/c11-6-1-2-7-8(5-6)13-4-3-9(12)10-7/h1-2,5,11H,3-4H2,(H,10,12). The molecule has 0 radical (unpaired) electrons. The first-order chi connectivity index (χ1) is 6.25. The highest BCUT2D eigenvalue weighted by Crippen LogP contribution is 2.30. The molecule has 2 rings (SSSR count). The smallest absolute Gasteiger partial charge is 0.227 e. The van der Waals surface area contributed by atoms with Crippen LogP contribution in [0.5, 0.6) is 11.5 Å². The summed E-state index contributed by atoms with van der Waals surface area (Å²) in [6.45, 7) is 0.349. The van der Waals surface area contributed by atoms with E-state index >= 15 is 0 Å². The van der Waals surface area contributed by atoms with E-state index in [0.29, 0.717) is 24.5 Å². The van der Waals surface area contributed by atoms with E-state index in [1.165, 1.54) is 12.1 Å². The van der Waals surface area contributed by atoms with Crippen LogP contribution in [0.3, 0.4) is 0 Å². The SMILES string of the molecule is O=C1CCOc2cc(O)ccc2N1. The number of fused-ring (bicyclic) bond motifs is 1. The van der Waals surface area contributed by atoms with Gasteiger partial charge in [-0.2, -0.15) is 0 Å². The van der Waals surface area contributed by atoms with Gasteiger partial charge in [-0.05, 0) is 12.1 Å². The van der Waals surface area contributed by atoms with Gasteiger partial charge in [0.1, 0.15) is 11.5 Å². The number of ether oxygens (including phenoxy) is 1. The van der Waals surface area contributed by atoms with Gasteiger partial charge in [-0.15, -0.1) is 0 Å².